The quantitative estimate of drug-likeness (QED) is 0.641. The van der Waals surface area contributed by atoms with Gasteiger partial charge in [0.2, 0.25) is 5.91 Å². The topological polar surface area (TPSA) is 33.5 Å². The van der Waals surface area contributed by atoms with Gasteiger partial charge < -0.3 is 9.32 Å². The molecule has 0 spiro atoms. The molecule has 0 radical (unpaired) electrons. The summed E-state index contributed by atoms with van der Waals surface area (Å²) in [6.07, 6.45) is 3.98. The lowest BCUT2D eigenvalue weighted by atomic mass is 9.89. The number of hydrogen-bond acceptors (Lipinski definition) is 2. The average Bonchev–Trinajstić information content (AvgIpc) is 2.47. The number of likely N-dealkylation sites (tertiary alicyclic amines) is 1. The van der Waals surface area contributed by atoms with E-state index in [2.05, 4.69) is 20.8 Å². The number of carbonyl (C=O) groups is 1. The van der Waals surface area contributed by atoms with Gasteiger partial charge in [-0.2, -0.15) is 0 Å². The first-order valence-electron chi connectivity index (χ1n) is 4.84. The number of furan rings is 1. The van der Waals surface area contributed by atoms with Crippen molar-refractivity contribution in [1.29, 1.82) is 0 Å². The molecule has 14 heavy (non-hydrogen) atoms. The number of nitrogens with zero attached hydrogens (tertiary/aromatic N) is 1. The van der Waals surface area contributed by atoms with Gasteiger partial charge in [-0.3, -0.25) is 4.79 Å². The summed E-state index contributed by atoms with van der Waals surface area (Å²) in [5, 5.41) is 0. The van der Waals surface area contributed by atoms with Crippen LogP contribution in [0.3, 0.4) is 0 Å². The normalized spacial score (nSPS) is 22.4. The number of β-lactam (4-membered cyclic amide) rings is 1. The van der Waals surface area contributed by atoms with E-state index >= 15 is 0 Å². The van der Waals surface area contributed by atoms with Crippen LogP contribution in [0.4, 0.5) is 0 Å². The van der Waals surface area contributed by atoms with E-state index in [1.165, 1.54) is 0 Å². The van der Waals surface area contributed by atoms with Crippen LogP contribution in [0.15, 0.2) is 23.0 Å². The van der Waals surface area contributed by atoms with Crippen LogP contribution >= 0.6 is 0 Å². The van der Waals surface area contributed by atoms with Gasteiger partial charge in [0.25, 0.3) is 0 Å². The highest BCUT2D eigenvalue weighted by atomic mass is 16.3. The zero-order chi connectivity index (χ0) is 10.3. The highest BCUT2D eigenvalue weighted by Gasteiger charge is 2.43. The third kappa shape index (κ3) is 1.33. The fourth-order valence-electron chi connectivity index (χ4n) is 1.99. The van der Waals surface area contributed by atoms with Crippen LogP contribution in [0, 0.1) is 0 Å². The second-order valence-corrected chi connectivity index (χ2v) is 4.71. The summed E-state index contributed by atoms with van der Waals surface area (Å²) in [7, 11) is 0. The SMILES string of the molecule is CC(C)(C)N1C(=O)C[C@H]1c1ccoc1. The van der Waals surface area contributed by atoms with Gasteiger partial charge in [-0.25, -0.2) is 0 Å². The van der Waals surface area contributed by atoms with Gasteiger partial charge in [0.1, 0.15) is 0 Å². The Labute approximate surface area is 83.7 Å². The molecule has 1 atom stereocenters. The fourth-order valence-corrected chi connectivity index (χ4v) is 1.99. The van der Waals surface area contributed by atoms with E-state index in [1.807, 2.05) is 11.0 Å². The molecule has 1 aliphatic heterocycles. The third-order valence-electron chi connectivity index (χ3n) is 2.60. The van der Waals surface area contributed by atoms with Crippen LogP contribution in [0.2, 0.25) is 0 Å². The van der Waals surface area contributed by atoms with Crippen molar-refractivity contribution in [2.45, 2.75) is 38.8 Å². The average molecular weight is 193 g/mol. The standard InChI is InChI=1S/C11H15NO2/c1-11(2,3)12-9(6-10(12)13)8-4-5-14-7-8/h4-5,7,9H,6H2,1-3H3/t9-/m0/s1. The molecule has 0 unspecified atom stereocenters. The van der Waals surface area contributed by atoms with E-state index in [1.54, 1.807) is 12.5 Å². The molecular formula is C11H15NO2. The third-order valence-corrected chi connectivity index (χ3v) is 2.60. The lowest BCUT2D eigenvalue weighted by Crippen LogP contribution is -2.55. The molecule has 0 saturated carbocycles. The Morgan fingerprint density at radius 3 is 2.64 bits per heavy atom. The van der Waals surface area contributed by atoms with Gasteiger partial charge >= 0.3 is 0 Å². The van der Waals surface area contributed by atoms with Crippen molar-refractivity contribution in [2.75, 3.05) is 0 Å². The molecular weight excluding hydrogens is 178 g/mol. The van der Waals surface area contributed by atoms with Crippen molar-refractivity contribution in [3.63, 3.8) is 0 Å². The summed E-state index contributed by atoms with van der Waals surface area (Å²) >= 11 is 0. The molecule has 0 aliphatic carbocycles. The van der Waals surface area contributed by atoms with Crippen molar-refractivity contribution in [3.8, 4) is 0 Å². The highest BCUT2D eigenvalue weighted by molar-refractivity contribution is 5.84. The van der Waals surface area contributed by atoms with Crippen molar-refractivity contribution in [3.05, 3.63) is 24.2 Å². The number of rotatable bonds is 1. The maximum atomic E-state index is 11.5. The lowest BCUT2D eigenvalue weighted by molar-refractivity contribution is -0.154. The van der Waals surface area contributed by atoms with Crippen molar-refractivity contribution >= 4 is 5.91 Å². The summed E-state index contributed by atoms with van der Waals surface area (Å²) in [6.45, 7) is 6.16. The van der Waals surface area contributed by atoms with E-state index < -0.39 is 0 Å². The van der Waals surface area contributed by atoms with E-state index in [9.17, 15) is 4.79 Å². The second kappa shape index (κ2) is 2.87. The maximum Gasteiger partial charge on any atom is 0.225 e. The largest absolute Gasteiger partial charge is 0.472 e. The minimum Gasteiger partial charge on any atom is -0.472 e. The first kappa shape index (κ1) is 9.31. The summed E-state index contributed by atoms with van der Waals surface area (Å²) in [5.41, 5.74) is 0.997. The molecule has 3 heteroatoms. The van der Waals surface area contributed by atoms with Crippen LogP contribution in [0.5, 0.6) is 0 Å². The second-order valence-electron chi connectivity index (χ2n) is 4.71. The molecule has 0 N–H and O–H groups in total. The molecule has 1 aromatic heterocycles. The summed E-state index contributed by atoms with van der Waals surface area (Å²) in [5.74, 6) is 0.226. The van der Waals surface area contributed by atoms with Crippen molar-refractivity contribution < 1.29 is 9.21 Å². The predicted octanol–water partition coefficient (Wildman–Crippen LogP) is 2.35. The molecule has 1 aromatic rings. The Kier molecular flexibility index (Phi) is 1.91. The van der Waals surface area contributed by atoms with E-state index in [0.29, 0.717) is 6.42 Å². The monoisotopic (exact) mass is 193 g/mol. The van der Waals surface area contributed by atoms with E-state index in [0.717, 1.165) is 5.56 Å². The number of hydrogen-bond donors (Lipinski definition) is 0. The van der Waals surface area contributed by atoms with Gasteiger partial charge in [0.05, 0.1) is 25.0 Å². The lowest BCUT2D eigenvalue weighted by Gasteiger charge is -2.48. The Morgan fingerprint density at radius 2 is 2.21 bits per heavy atom. The molecule has 1 fully saturated rings. The molecule has 1 aliphatic rings. The minimum absolute atomic E-state index is 0.0999. The zero-order valence-corrected chi connectivity index (χ0v) is 8.78. The van der Waals surface area contributed by atoms with Crippen LogP contribution in [-0.4, -0.2) is 16.3 Å². The van der Waals surface area contributed by atoms with Crippen molar-refractivity contribution in [2.24, 2.45) is 0 Å². The molecule has 1 amide bonds. The molecule has 1 saturated heterocycles. The first-order chi connectivity index (χ1) is 6.50. The predicted molar refractivity (Wildman–Crippen MR) is 52.7 cm³/mol. The first-order valence-corrected chi connectivity index (χ1v) is 4.84. The Balaban J connectivity index is 2.21. The van der Waals surface area contributed by atoms with Crippen LogP contribution in [-0.2, 0) is 4.79 Å². The molecule has 3 nitrogen and oxygen atoms in total. The van der Waals surface area contributed by atoms with Gasteiger partial charge in [-0.15, -0.1) is 0 Å². The van der Waals surface area contributed by atoms with Gasteiger partial charge in [0.15, 0.2) is 0 Å². The molecule has 0 bridgehead atoms. The number of carbonyl (C=O) groups excluding carboxylic acids is 1. The molecule has 2 rings (SSSR count). The molecule has 2 heterocycles. The Hall–Kier alpha value is -1.25. The summed E-state index contributed by atoms with van der Waals surface area (Å²) in [4.78, 5) is 13.4. The van der Waals surface area contributed by atoms with Gasteiger partial charge in [-0.05, 0) is 26.8 Å². The molecule has 0 aromatic carbocycles. The van der Waals surface area contributed by atoms with Crippen LogP contribution in [0.1, 0.15) is 38.8 Å². The zero-order valence-electron chi connectivity index (χ0n) is 8.78. The molecule has 76 valence electrons. The maximum absolute atomic E-state index is 11.5. The van der Waals surface area contributed by atoms with E-state index in [-0.39, 0.29) is 17.5 Å². The van der Waals surface area contributed by atoms with Crippen LogP contribution < -0.4 is 0 Å². The minimum atomic E-state index is -0.0999. The highest BCUT2D eigenvalue weighted by Crippen LogP contribution is 2.39. The summed E-state index contributed by atoms with van der Waals surface area (Å²) < 4.78 is 5.03. The van der Waals surface area contributed by atoms with Crippen molar-refractivity contribution in [1.82, 2.24) is 4.90 Å². The van der Waals surface area contributed by atoms with E-state index in [4.69, 9.17) is 4.42 Å². The Morgan fingerprint density at radius 1 is 1.50 bits per heavy atom. The smallest absolute Gasteiger partial charge is 0.225 e. The fraction of sp³-hybridized carbons (Fsp3) is 0.545. The Bertz CT molecular complexity index is 335. The summed E-state index contributed by atoms with van der Waals surface area (Å²) in [6, 6.07) is 2.14. The van der Waals surface area contributed by atoms with Gasteiger partial charge in [0, 0.05) is 11.1 Å². The van der Waals surface area contributed by atoms with Crippen LogP contribution in [0.25, 0.3) is 0 Å². The van der Waals surface area contributed by atoms with Gasteiger partial charge in [-0.1, -0.05) is 0 Å². The number of amides is 1.